The number of carbonyl (C=O) groups is 1. The number of nitrogens with zero attached hydrogens (tertiary/aromatic N) is 1. The SMILES string of the molecule is COC(=O)[C@H](CO)N(OS(=O)(=O)c1ccc(OC)cc1)C1CCCCO1. The van der Waals surface area contributed by atoms with Gasteiger partial charge in [-0.1, -0.05) is 0 Å². The summed E-state index contributed by atoms with van der Waals surface area (Å²) in [6.07, 6.45) is 1.24. The standard InChI is InChI=1S/C16H23NO8S/c1-22-12-6-8-13(9-7-12)26(20,21)25-17(14(11-18)16(19)23-2)15-5-3-4-10-24-15/h6-9,14-15,18H,3-5,10-11H2,1-2H3/t14-,15?/m0/s1. The van der Waals surface area contributed by atoms with Crippen molar-refractivity contribution in [1.82, 2.24) is 5.06 Å². The van der Waals surface area contributed by atoms with Gasteiger partial charge < -0.3 is 19.3 Å². The maximum Gasteiger partial charge on any atom is 0.328 e. The van der Waals surface area contributed by atoms with Gasteiger partial charge in [-0.15, -0.1) is 5.06 Å². The van der Waals surface area contributed by atoms with Crippen LogP contribution in [-0.2, 0) is 28.7 Å². The second kappa shape index (κ2) is 9.28. The molecule has 0 spiro atoms. The molecule has 1 saturated heterocycles. The van der Waals surface area contributed by atoms with Crippen molar-refractivity contribution in [3.8, 4) is 5.75 Å². The number of rotatable bonds is 8. The fourth-order valence-electron chi connectivity index (χ4n) is 2.52. The Morgan fingerprint density at radius 1 is 1.31 bits per heavy atom. The molecule has 1 aliphatic rings. The number of aliphatic hydroxyl groups excluding tert-OH is 1. The Hall–Kier alpha value is -1.72. The van der Waals surface area contributed by atoms with Gasteiger partial charge in [0.05, 0.1) is 25.7 Å². The van der Waals surface area contributed by atoms with Crippen molar-refractivity contribution < 1.29 is 36.8 Å². The molecule has 1 fully saturated rings. The van der Waals surface area contributed by atoms with Crippen LogP contribution in [0.25, 0.3) is 0 Å². The molecule has 0 bridgehead atoms. The minimum absolute atomic E-state index is 0.124. The lowest BCUT2D eigenvalue weighted by atomic mass is 10.1. The molecule has 10 heteroatoms. The van der Waals surface area contributed by atoms with Crippen LogP contribution >= 0.6 is 0 Å². The third-order valence-electron chi connectivity index (χ3n) is 3.93. The first-order chi connectivity index (χ1) is 12.4. The van der Waals surface area contributed by atoms with E-state index in [-0.39, 0.29) is 4.90 Å². The molecule has 9 nitrogen and oxygen atoms in total. The second-order valence-corrected chi connectivity index (χ2v) is 7.14. The normalized spacial score (nSPS) is 19.2. The number of aliphatic hydroxyl groups is 1. The van der Waals surface area contributed by atoms with Crippen LogP contribution in [0.4, 0.5) is 0 Å². The second-order valence-electron chi connectivity index (χ2n) is 5.61. The molecule has 0 aromatic heterocycles. The van der Waals surface area contributed by atoms with Crippen LogP contribution < -0.4 is 4.74 Å². The first-order valence-corrected chi connectivity index (χ1v) is 9.51. The van der Waals surface area contributed by atoms with E-state index in [1.807, 2.05) is 0 Å². The number of benzene rings is 1. The largest absolute Gasteiger partial charge is 0.497 e. The summed E-state index contributed by atoms with van der Waals surface area (Å²) in [5, 5.41) is 10.4. The molecule has 1 N–H and O–H groups in total. The summed E-state index contributed by atoms with van der Waals surface area (Å²) in [4.78, 5) is 11.8. The average Bonchev–Trinajstić information content (AvgIpc) is 2.68. The zero-order valence-electron chi connectivity index (χ0n) is 14.7. The molecule has 1 unspecified atom stereocenters. The molecular formula is C16H23NO8S. The fraction of sp³-hybridized carbons (Fsp3) is 0.562. The number of esters is 1. The van der Waals surface area contributed by atoms with Gasteiger partial charge in [-0.2, -0.15) is 12.7 Å². The van der Waals surface area contributed by atoms with E-state index < -0.39 is 35.0 Å². The molecule has 2 atom stereocenters. The van der Waals surface area contributed by atoms with Crippen LogP contribution in [0.5, 0.6) is 5.75 Å². The van der Waals surface area contributed by atoms with E-state index in [0.29, 0.717) is 18.8 Å². The quantitative estimate of drug-likeness (QED) is 0.506. The van der Waals surface area contributed by atoms with Gasteiger partial charge in [0.15, 0.2) is 6.04 Å². The van der Waals surface area contributed by atoms with Gasteiger partial charge in [-0.25, -0.2) is 0 Å². The Bertz CT molecular complexity index is 685. The van der Waals surface area contributed by atoms with E-state index in [0.717, 1.165) is 25.0 Å². The molecule has 1 aliphatic heterocycles. The van der Waals surface area contributed by atoms with Crippen molar-refractivity contribution >= 4 is 16.1 Å². The Morgan fingerprint density at radius 3 is 2.50 bits per heavy atom. The van der Waals surface area contributed by atoms with Crippen molar-refractivity contribution in [3.63, 3.8) is 0 Å². The number of hydrogen-bond acceptors (Lipinski definition) is 9. The third kappa shape index (κ3) is 4.92. The molecule has 0 radical (unpaired) electrons. The highest BCUT2D eigenvalue weighted by Crippen LogP contribution is 2.25. The van der Waals surface area contributed by atoms with Gasteiger partial charge in [-0.3, -0.25) is 4.79 Å². The fourth-order valence-corrected chi connectivity index (χ4v) is 3.50. The predicted molar refractivity (Wildman–Crippen MR) is 89.6 cm³/mol. The van der Waals surface area contributed by atoms with Gasteiger partial charge in [-0.05, 0) is 43.5 Å². The number of hydrogen-bond donors (Lipinski definition) is 1. The highest BCUT2D eigenvalue weighted by Gasteiger charge is 2.38. The predicted octanol–water partition coefficient (Wildman–Crippen LogP) is 0.678. The van der Waals surface area contributed by atoms with Crippen molar-refractivity contribution in [1.29, 1.82) is 0 Å². The van der Waals surface area contributed by atoms with Crippen LogP contribution in [0.15, 0.2) is 29.2 Å². The lowest BCUT2D eigenvalue weighted by molar-refractivity contribution is -0.235. The van der Waals surface area contributed by atoms with Crippen LogP contribution in [0.3, 0.4) is 0 Å². The van der Waals surface area contributed by atoms with E-state index in [1.54, 1.807) is 0 Å². The first-order valence-electron chi connectivity index (χ1n) is 8.10. The van der Waals surface area contributed by atoms with Gasteiger partial charge in [0.2, 0.25) is 0 Å². The van der Waals surface area contributed by atoms with E-state index >= 15 is 0 Å². The van der Waals surface area contributed by atoms with Crippen molar-refractivity contribution in [3.05, 3.63) is 24.3 Å². The molecular weight excluding hydrogens is 366 g/mol. The van der Waals surface area contributed by atoms with Crippen LogP contribution in [0, 0.1) is 0 Å². The molecule has 146 valence electrons. The summed E-state index contributed by atoms with van der Waals surface area (Å²) in [7, 11) is -1.65. The van der Waals surface area contributed by atoms with Gasteiger partial charge in [0.25, 0.3) is 0 Å². The number of ether oxygens (including phenoxy) is 3. The lowest BCUT2D eigenvalue weighted by Gasteiger charge is -2.35. The summed E-state index contributed by atoms with van der Waals surface area (Å²) in [5.41, 5.74) is 0. The highest BCUT2D eigenvalue weighted by atomic mass is 32.2. The van der Waals surface area contributed by atoms with Crippen molar-refractivity contribution in [2.45, 2.75) is 36.4 Å². The van der Waals surface area contributed by atoms with Crippen molar-refractivity contribution in [2.75, 3.05) is 27.4 Å². The minimum Gasteiger partial charge on any atom is -0.497 e. The van der Waals surface area contributed by atoms with Crippen molar-refractivity contribution in [2.24, 2.45) is 0 Å². The van der Waals surface area contributed by atoms with Crippen LogP contribution in [0.1, 0.15) is 19.3 Å². The Kier molecular flexibility index (Phi) is 7.35. The summed E-state index contributed by atoms with van der Waals surface area (Å²) >= 11 is 0. The summed E-state index contributed by atoms with van der Waals surface area (Å²) in [6, 6.07) is 4.25. The maximum absolute atomic E-state index is 12.6. The molecule has 1 heterocycles. The molecule has 0 saturated carbocycles. The minimum atomic E-state index is -4.26. The van der Waals surface area contributed by atoms with Crippen LogP contribution in [-0.4, -0.2) is 64.3 Å². The first kappa shape index (κ1) is 20.6. The Labute approximate surface area is 152 Å². The molecule has 26 heavy (non-hydrogen) atoms. The maximum atomic E-state index is 12.6. The average molecular weight is 389 g/mol. The molecule has 1 aromatic carbocycles. The topological polar surface area (TPSA) is 112 Å². The molecule has 2 rings (SSSR count). The van der Waals surface area contributed by atoms with Crippen LogP contribution in [0.2, 0.25) is 0 Å². The van der Waals surface area contributed by atoms with Gasteiger partial charge in [0.1, 0.15) is 12.0 Å². The Balaban J connectivity index is 2.29. The summed E-state index contributed by atoms with van der Waals surface area (Å²) < 4.78 is 45.6. The third-order valence-corrected chi connectivity index (χ3v) is 5.14. The smallest absolute Gasteiger partial charge is 0.328 e. The van der Waals surface area contributed by atoms with E-state index in [1.165, 1.54) is 31.4 Å². The summed E-state index contributed by atoms with van der Waals surface area (Å²) in [5.74, 6) is -0.342. The monoisotopic (exact) mass is 389 g/mol. The van der Waals surface area contributed by atoms with Gasteiger partial charge >= 0.3 is 16.1 Å². The highest BCUT2D eigenvalue weighted by molar-refractivity contribution is 7.86. The van der Waals surface area contributed by atoms with E-state index in [9.17, 15) is 18.3 Å². The van der Waals surface area contributed by atoms with E-state index in [2.05, 4.69) is 4.74 Å². The zero-order chi connectivity index (χ0) is 19.2. The number of methoxy groups -OCH3 is 2. The molecule has 1 aromatic rings. The van der Waals surface area contributed by atoms with Gasteiger partial charge in [0, 0.05) is 6.61 Å². The molecule has 0 aliphatic carbocycles. The zero-order valence-corrected chi connectivity index (χ0v) is 15.5. The Morgan fingerprint density at radius 2 is 2.00 bits per heavy atom. The number of carbonyl (C=O) groups excluding carboxylic acids is 1. The number of hydroxylamine groups is 2. The van der Waals surface area contributed by atoms with E-state index in [4.69, 9.17) is 13.8 Å². The molecule has 0 amide bonds. The summed E-state index contributed by atoms with van der Waals surface area (Å²) in [6.45, 7) is -0.295. The lowest BCUT2D eigenvalue weighted by Crippen LogP contribution is -2.52.